The summed E-state index contributed by atoms with van der Waals surface area (Å²) < 4.78 is 0. The summed E-state index contributed by atoms with van der Waals surface area (Å²) in [7, 11) is 0. The number of H-pyrrole nitrogens is 1. The molecule has 144 valence electrons. The Kier molecular flexibility index (Phi) is 6.24. The van der Waals surface area contributed by atoms with Crippen molar-refractivity contribution >= 4 is 29.0 Å². The maximum Gasteiger partial charge on any atom is 0.254 e. The Morgan fingerprint density at radius 1 is 1.14 bits per heavy atom. The van der Waals surface area contributed by atoms with Crippen LogP contribution in [0.3, 0.4) is 0 Å². The van der Waals surface area contributed by atoms with Crippen molar-refractivity contribution in [3.63, 3.8) is 0 Å². The first-order valence-corrected chi connectivity index (χ1v) is 9.09. The molecule has 0 unspecified atom stereocenters. The van der Waals surface area contributed by atoms with Gasteiger partial charge in [-0.1, -0.05) is 42.5 Å². The third-order valence-electron chi connectivity index (χ3n) is 4.63. The Morgan fingerprint density at radius 2 is 1.89 bits per heavy atom. The molecule has 0 saturated heterocycles. The lowest BCUT2D eigenvalue weighted by Gasteiger charge is -2.07. The van der Waals surface area contributed by atoms with Crippen molar-refractivity contribution in [2.75, 3.05) is 6.54 Å². The zero-order chi connectivity index (χ0) is 19.9. The average Bonchev–Trinajstić information content (AvgIpc) is 3.01. The molecule has 3 aromatic rings. The number of aliphatic hydroxyl groups is 1. The summed E-state index contributed by atoms with van der Waals surface area (Å²) in [6.07, 6.45) is 2.19. The van der Waals surface area contributed by atoms with Gasteiger partial charge in [-0.05, 0) is 37.1 Å². The Morgan fingerprint density at radius 3 is 2.64 bits per heavy atom. The van der Waals surface area contributed by atoms with E-state index < -0.39 is 5.91 Å². The fourth-order valence-electron chi connectivity index (χ4n) is 3.20. The highest BCUT2D eigenvalue weighted by Crippen LogP contribution is 2.22. The van der Waals surface area contributed by atoms with Gasteiger partial charge in [-0.3, -0.25) is 14.9 Å². The summed E-state index contributed by atoms with van der Waals surface area (Å²) in [6, 6.07) is 15.6. The van der Waals surface area contributed by atoms with Gasteiger partial charge in [0.05, 0.1) is 0 Å². The molecule has 2 aromatic carbocycles. The predicted molar refractivity (Wildman–Crippen MR) is 110 cm³/mol. The Labute approximate surface area is 163 Å². The third-order valence-corrected chi connectivity index (χ3v) is 4.63. The van der Waals surface area contributed by atoms with Crippen LogP contribution in [0, 0.1) is 6.92 Å². The number of fused-ring (bicyclic) bond motifs is 1. The molecular formula is C22H23N3O3. The number of amides is 2. The molecule has 28 heavy (non-hydrogen) atoms. The van der Waals surface area contributed by atoms with Crippen molar-refractivity contribution in [1.82, 2.24) is 15.6 Å². The summed E-state index contributed by atoms with van der Waals surface area (Å²) in [5, 5.41) is 16.6. The number of para-hydroxylation sites is 1. The van der Waals surface area contributed by atoms with Gasteiger partial charge >= 0.3 is 0 Å². The van der Waals surface area contributed by atoms with E-state index >= 15 is 0 Å². The van der Waals surface area contributed by atoms with Crippen LogP contribution in [0.15, 0.2) is 54.6 Å². The first kappa shape index (κ1) is 19.4. The number of nitrogens with one attached hydrogen (secondary N) is 3. The molecule has 0 aliphatic heterocycles. The highest BCUT2D eigenvalue weighted by atomic mass is 16.3. The van der Waals surface area contributed by atoms with Gasteiger partial charge in [-0.2, -0.15) is 0 Å². The number of aromatic amines is 1. The Hall–Kier alpha value is -3.38. The smallest absolute Gasteiger partial charge is 0.254 e. The molecule has 0 aliphatic carbocycles. The number of aryl methyl sites for hydroxylation is 1. The molecule has 3 rings (SSSR count). The van der Waals surface area contributed by atoms with Crippen LogP contribution in [0.1, 0.15) is 22.4 Å². The van der Waals surface area contributed by atoms with E-state index in [9.17, 15) is 14.7 Å². The van der Waals surface area contributed by atoms with Crippen LogP contribution in [-0.2, 0) is 22.6 Å². The van der Waals surface area contributed by atoms with Gasteiger partial charge in [0, 0.05) is 34.8 Å². The Balaban J connectivity index is 1.53. The van der Waals surface area contributed by atoms with E-state index in [2.05, 4.69) is 35.4 Å². The quantitative estimate of drug-likeness (QED) is 0.210. The van der Waals surface area contributed by atoms with Crippen molar-refractivity contribution < 1.29 is 14.7 Å². The van der Waals surface area contributed by atoms with E-state index in [0.29, 0.717) is 12.1 Å². The number of carbonyl (C=O) groups is 2. The summed E-state index contributed by atoms with van der Waals surface area (Å²) in [5.74, 6) is -0.848. The Bertz CT molecular complexity index is 1000. The van der Waals surface area contributed by atoms with Crippen molar-refractivity contribution in [2.45, 2.75) is 19.9 Å². The van der Waals surface area contributed by atoms with E-state index in [0.717, 1.165) is 24.6 Å². The molecule has 0 bridgehead atoms. The number of aromatic nitrogens is 1. The van der Waals surface area contributed by atoms with Crippen LogP contribution in [0.25, 0.3) is 16.7 Å². The van der Waals surface area contributed by atoms with Gasteiger partial charge < -0.3 is 15.4 Å². The van der Waals surface area contributed by atoms with E-state index in [1.54, 1.807) is 12.1 Å². The van der Waals surface area contributed by atoms with E-state index in [-0.39, 0.29) is 12.2 Å². The fourth-order valence-corrected chi connectivity index (χ4v) is 3.20. The lowest BCUT2D eigenvalue weighted by Crippen LogP contribution is -2.18. The lowest BCUT2D eigenvalue weighted by atomic mass is 10.1. The van der Waals surface area contributed by atoms with E-state index in [1.807, 2.05) is 23.5 Å². The van der Waals surface area contributed by atoms with Crippen molar-refractivity contribution in [2.24, 2.45) is 0 Å². The highest BCUT2D eigenvalue weighted by molar-refractivity contribution is 5.98. The molecule has 6 nitrogen and oxygen atoms in total. The molecular weight excluding hydrogens is 354 g/mol. The second kappa shape index (κ2) is 9.01. The molecule has 0 atom stereocenters. The lowest BCUT2D eigenvalue weighted by molar-refractivity contribution is -0.121. The highest BCUT2D eigenvalue weighted by Gasteiger charge is 2.07. The van der Waals surface area contributed by atoms with Gasteiger partial charge in [0.15, 0.2) is 0 Å². The summed E-state index contributed by atoms with van der Waals surface area (Å²) >= 11 is 0. The van der Waals surface area contributed by atoms with Gasteiger partial charge in [-0.25, -0.2) is 0 Å². The standard InChI is InChI=1S/C22H23N3O3/c1-15-18(19-4-2-3-5-20(19)25-15)10-11-23-13-16-6-8-17(9-7-16)21(27)12-22(28)24-14-26/h2-9,12,14,23,25,27H,10-11,13H2,1H3,(H,24,26,28)/b21-12+. The van der Waals surface area contributed by atoms with E-state index in [1.165, 1.54) is 22.2 Å². The first-order chi connectivity index (χ1) is 13.6. The molecule has 0 aliphatic rings. The third kappa shape index (κ3) is 4.66. The molecule has 2 amide bonds. The summed E-state index contributed by atoms with van der Waals surface area (Å²) in [5.41, 5.74) is 5.29. The number of carbonyl (C=O) groups excluding carboxylic acids is 2. The zero-order valence-corrected chi connectivity index (χ0v) is 15.7. The fraction of sp³-hybridized carbons (Fsp3) is 0.182. The molecule has 4 N–H and O–H groups in total. The molecule has 1 aromatic heterocycles. The van der Waals surface area contributed by atoms with Gasteiger partial charge in [0.1, 0.15) is 5.76 Å². The molecule has 0 radical (unpaired) electrons. The minimum absolute atomic E-state index is 0.186. The van der Waals surface area contributed by atoms with Gasteiger partial charge in [0.2, 0.25) is 6.41 Å². The normalized spacial score (nSPS) is 11.5. The number of rotatable bonds is 8. The first-order valence-electron chi connectivity index (χ1n) is 9.09. The second-order valence-corrected chi connectivity index (χ2v) is 6.55. The number of hydrogen-bond acceptors (Lipinski definition) is 4. The van der Waals surface area contributed by atoms with Crippen LogP contribution >= 0.6 is 0 Å². The summed E-state index contributed by atoms with van der Waals surface area (Å²) in [6.45, 7) is 3.66. The average molecular weight is 377 g/mol. The largest absolute Gasteiger partial charge is 0.507 e. The summed E-state index contributed by atoms with van der Waals surface area (Å²) in [4.78, 5) is 24.9. The molecule has 0 fully saturated rings. The minimum atomic E-state index is -0.661. The molecule has 0 saturated carbocycles. The molecule has 1 heterocycles. The molecule has 0 spiro atoms. The van der Waals surface area contributed by atoms with Crippen LogP contribution in [0.2, 0.25) is 0 Å². The van der Waals surface area contributed by atoms with Crippen molar-refractivity contribution in [3.05, 3.63) is 77.0 Å². The second-order valence-electron chi connectivity index (χ2n) is 6.55. The van der Waals surface area contributed by atoms with Gasteiger partial charge in [-0.15, -0.1) is 0 Å². The van der Waals surface area contributed by atoms with Crippen LogP contribution in [-0.4, -0.2) is 29.0 Å². The topological polar surface area (TPSA) is 94.2 Å². The SMILES string of the molecule is Cc1[nH]c2ccccc2c1CCNCc1ccc(/C(O)=C\C(=O)NC=O)cc1. The van der Waals surface area contributed by atoms with E-state index in [4.69, 9.17) is 0 Å². The van der Waals surface area contributed by atoms with Crippen molar-refractivity contribution in [1.29, 1.82) is 0 Å². The number of aliphatic hydroxyl groups excluding tert-OH is 1. The number of benzene rings is 2. The maximum atomic E-state index is 11.3. The molecule has 6 heteroatoms. The van der Waals surface area contributed by atoms with Crippen LogP contribution < -0.4 is 10.6 Å². The maximum absolute atomic E-state index is 11.3. The van der Waals surface area contributed by atoms with Crippen molar-refractivity contribution in [3.8, 4) is 0 Å². The van der Waals surface area contributed by atoms with Crippen LogP contribution in [0.4, 0.5) is 0 Å². The van der Waals surface area contributed by atoms with Crippen LogP contribution in [0.5, 0.6) is 0 Å². The number of hydrogen-bond donors (Lipinski definition) is 4. The minimum Gasteiger partial charge on any atom is -0.507 e. The predicted octanol–water partition coefficient (Wildman–Crippen LogP) is 2.98. The van der Waals surface area contributed by atoms with Gasteiger partial charge in [0.25, 0.3) is 5.91 Å². The monoisotopic (exact) mass is 377 g/mol. The number of imide groups is 1. The zero-order valence-electron chi connectivity index (χ0n) is 15.7.